The van der Waals surface area contributed by atoms with Crippen molar-refractivity contribution in [3.8, 4) is 0 Å². The van der Waals surface area contributed by atoms with Crippen LogP contribution >= 0.6 is 0 Å². The lowest BCUT2D eigenvalue weighted by atomic mass is 9.65. The third kappa shape index (κ3) is 10.5. The van der Waals surface area contributed by atoms with E-state index < -0.39 is 11.7 Å². The molecule has 184 valence electrons. The summed E-state index contributed by atoms with van der Waals surface area (Å²) >= 11 is 0. The number of aliphatic hydroxyl groups is 2. The first kappa shape index (κ1) is 29.3. The minimum Gasteiger partial charge on any atom is -0.393 e. The van der Waals surface area contributed by atoms with E-state index in [2.05, 4.69) is 5.73 Å². The summed E-state index contributed by atoms with van der Waals surface area (Å²) in [5, 5.41) is 20.8. The summed E-state index contributed by atoms with van der Waals surface area (Å²) in [6, 6.07) is 0. The predicted molar refractivity (Wildman–Crippen MR) is 144 cm³/mol. The summed E-state index contributed by atoms with van der Waals surface area (Å²) in [4.78, 5) is 11.2. The van der Waals surface area contributed by atoms with Crippen LogP contribution in [0.4, 0.5) is 0 Å². The first-order chi connectivity index (χ1) is 15.7. The predicted octanol–water partition coefficient (Wildman–Crippen LogP) is 7.04. The van der Waals surface area contributed by atoms with E-state index in [4.69, 9.17) is 0 Å². The summed E-state index contributed by atoms with van der Waals surface area (Å²) in [6.45, 7) is 15.3. The minimum atomic E-state index is -1.05. The van der Waals surface area contributed by atoms with Crippen LogP contribution in [0.3, 0.4) is 0 Å². The van der Waals surface area contributed by atoms with Crippen LogP contribution < -0.4 is 0 Å². The molecule has 0 aromatic rings. The Balaban J connectivity index is 2.79. The Morgan fingerprint density at radius 2 is 1.32 bits per heavy atom. The lowest BCUT2D eigenvalue weighted by Gasteiger charge is -2.43. The Morgan fingerprint density at radius 1 is 0.824 bits per heavy atom. The van der Waals surface area contributed by atoms with Crippen LogP contribution in [0.15, 0.2) is 100 Å². The highest BCUT2D eigenvalue weighted by Gasteiger charge is 2.44. The first-order valence-electron chi connectivity index (χ1n) is 11.9. The van der Waals surface area contributed by atoms with Crippen molar-refractivity contribution in [1.29, 1.82) is 0 Å². The molecule has 0 heterocycles. The van der Waals surface area contributed by atoms with Crippen molar-refractivity contribution in [2.75, 3.05) is 0 Å². The van der Waals surface area contributed by atoms with Gasteiger partial charge in [-0.3, -0.25) is 4.79 Å². The highest BCUT2D eigenvalue weighted by Crippen LogP contribution is 2.45. The molecule has 1 aliphatic rings. The SMILES string of the molecule is CC(=O)/C(C)=C/C=C/C(C)=C/C=C/C=C(C)/C=C/C=C(\C)C=C=C1C(C)(C)C[C@H](O)C[C@@]1(C)O. The quantitative estimate of drug-likeness (QED) is 0.231. The molecule has 2 N–H and O–H groups in total. The largest absolute Gasteiger partial charge is 0.393 e. The summed E-state index contributed by atoms with van der Waals surface area (Å²) in [7, 11) is 0. The topological polar surface area (TPSA) is 57.5 Å². The summed E-state index contributed by atoms with van der Waals surface area (Å²) < 4.78 is 0. The number of hydrogen-bond acceptors (Lipinski definition) is 3. The van der Waals surface area contributed by atoms with Crippen LogP contribution in [-0.2, 0) is 4.79 Å². The van der Waals surface area contributed by atoms with E-state index in [0.717, 1.165) is 27.9 Å². The van der Waals surface area contributed by atoms with E-state index >= 15 is 0 Å². The molecule has 3 heteroatoms. The van der Waals surface area contributed by atoms with Gasteiger partial charge in [0.1, 0.15) is 0 Å². The Hall–Kier alpha value is -2.71. The van der Waals surface area contributed by atoms with Crippen LogP contribution in [0.2, 0.25) is 0 Å². The van der Waals surface area contributed by atoms with Crippen molar-refractivity contribution in [2.45, 2.75) is 79.9 Å². The van der Waals surface area contributed by atoms with Gasteiger partial charge in [0.05, 0.1) is 11.7 Å². The van der Waals surface area contributed by atoms with Gasteiger partial charge in [-0.1, -0.05) is 85.8 Å². The van der Waals surface area contributed by atoms with Gasteiger partial charge < -0.3 is 10.2 Å². The standard InChI is InChI=1S/C31H42O3/c1-23(13-9-10-14-24(2)17-12-18-26(4)27(5)32)15-11-16-25(3)19-20-29-30(6,7)21-28(33)22-31(29,8)34/h9-19,28,33-34H,21-22H2,1-8H3/b10-9+,15-11+,17-12+,23-13+,24-14+,25-16+,26-18+/t20?,28-,31+/m0/s1. The number of Topliss-reactive ketones (excluding diaryl/α,β-unsaturated/α-hetero) is 1. The lowest BCUT2D eigenvalue weighted by Crippen LogP contribution is -2.45. The van der Waals surface area contributed by atoms with Gasteiger partial charge in [-0.25, -0.2) is 0 Å². The van der Waals surface area contributed by atoms with E-state index in [0.29, 0.717) is 12.8 Å². The minimum absolute atomic E-state index is 0.0833. The molecule has 1 saturated carbocycles. The first-order valence-corrected chi connectivity index (χ1v) is 11.9. The van der Waals surface area contributed by atoms with Crippen molar-refractivity contribution in [2.24, 2.45) is 5.41 Å². The van der Waals surface area contributed by atoms with Crippen molar-refractivity contribution in [1.82, 2.24) is 0 Å². The maximum absolute atomic E-state index is 11.2. The second-order valence-corrected chi connectivity index (χ2v) is 10.1. The molecule has 34 heavy (non-hydrogen) atoms. The van der Waals surface area contributed by atoms with Crippen LogP contribution in [-0.4, -0.2) is 27.7 Å². The molecule has 0 aromatic heterocycles. The molecule has 1 aliphatic carbocycles. The fourth-order valence-electron chi connectivity index (χ4n) is 3.98. The van der Waals surface area contributed by atoms with Crippen molar-refractivity contribution >= 4 is 5.78 Å². The maximum Gasteiger partial charge on any atom is 0.155 e. The molecule has 1 fully saturated rings. The monoisotopic (exact) mass is 462 g/mol. The molecule has 0 amide bonds. The molecule has 0 aliphatic heterocycles. The van der Waals surface area contributed by atoms with Crippen molar-refractivity contribution in [3.63, 3.8) is 0 Å². The number of hydrogen-bond donors (Lipinski definition) is 2. The normalized spacial score (nSPS) is 24.9. The molecule has 3 nitrogen and oxygen atoms in total. The molecule has 2 atom stereocenters. The zero-order chi connectivity index (χ0) is 25.9. The Bertz CT molecular complexity index is 991. The number of carbonyl (C=O) groups is 1. The van der Waals surface area contributed by atoms with Crippen LogP contribution in [0.25, 0.3) is 0 Å². The average Bonchev–Trinajstić information content (AvgIpc) is 2.68. The molecule has 0 aromatic carbocycles. The van der Waals surface area contributed by atoms with Crippen LogP contribution in [0.1, 0.15) is 68.2 Å². The molecule has 0 spiro atoms. The average molecular weight is 463 g/mol. The van der Waals surface area contributed by atoms with Crippen molar-refractivity contribution < 1.29 is 15.0 Å². The van der Waals surface area contributed by atoms with Gasteiger partial charge in [0.2, 0.25) is 0 Å². The van der Waals surface area contributed by atoms with Gasteiger partial charge in [0.15, 0.2) is 5.78 Å². The second kappa shape index (κ2) is 13.2. The molecule has 1 rings (SSSR count). The summed E-state index contributed by atoms with van der Waals surface area (Å²) in [5.41, 5.74) is 6.79. The number of ketones is 1. The fourth-order valence-corrected chi connectivity index (χ4v) is 3.98. The summed E-state index contributed by atoms with van der Waals surface area (Å²) in [6.07, 6.45) is 22.2. The van der Waals surface area contributed by atoms with E-state index in [1.54, 1.807) is 13.8 Å². The molecule has 0 radical (unpaired) electrons. The number of rotatable bonds is 8. The van der Waals surface area contributed by atoms with Crippen molar-refractivity contribution in [3.05, 3.63) is 100 Å². The molecule has 0 unspecified atom stereocenters. The van der Waals surface area contributed by atoms with E-state index in [1.165, 1.54) is 0 Å². The number of carbonyl (C=O) groups excluding carboxylic acids is 1. The van der Waals surface area contributed by atoms with Gasteiger partial charge in [-0.05, 0) is 70.6 Å². The zero-order valence-corrected chi connectivity index (χ0v) is 22.1. The third-order valence-corrected chi connectivity index (χ3v) is 5.85. The summed E-state index contributed by atoms with van der Waals surface area (Å²) in [5.74, 6) is 0.0833. The Kier molecular flexibility index (Phi) is 11.4. The maximum atomic E-state index is 11.2. The molecule has 0 bridgehead atoms. The van der Waals surface area contributed by atoms with Gasteiger partial charge in [0, 0.05) is 12.0 Å². The molecular formula is C31H42O3. The van der Waals surface area contributed by atoms with E-state index in [-0.39, 0.29) is 11.2 Å². The van der Waals surface area contributed by atoms with Gasteiger partial charge in [-0.15, -0.1) is 5.73 Å². The Labute approximate surface area is 206 Å². The highest BCUT2D eigenvalue weighted by atomic mass is 16.3. The van der Waals surface area contributed by atoms with Gasteiger partial charge >= 0.3 is 0 Å². The zero-order valence-electron chi connectivity index (χ0n) is 22.1. The lowest BCUT2D eigenvalue weighted by molar-refractivity contribution is -0.113. The van der Waals surface area contributed by atoms with Crippen LogP contribution in [0.5, 0.6) is 0 Å². The third-order valence-electron chi connectivity index (χ3n) is 5.85. The van der Waals surface area contributed by atoms with E-state index in [9.17, 15) is 15.0 Å². The van der Waals surface area contributed by atoms with Gasteiger partial charge in [0.25, 0.3) is 0 Å². The number of allylic oxidation sites excluding steroid dienone is 14. The van der Waals surface area contributed by atoms with E-state index in [1.807, 2.05) is 108 Å². The molecule has 0 saturated heterocycles. The smallest absolute Gasteiger partial charge is 0.155 e. The fraction of sp³-hybridized carbons (Fsp3) is 0.419. The van der Waals surface area contributed by atoms with Crippen LogP contribution in [0, 0.1) is 5.41 Å². The second-order valence-electron chi connectivity index (χ2n) is 10.1. The van der Waals surface area contributed by atoms with Gasteiger partial charge in [-0.2, -0.15) is 0 Å². The molecular weight excluding hydrogens is 420 g/mol. The number of aliphatic hydroxyl groups excluding tert-OH is 1. The Morgan fingerprint density at radius 3 is 1.82 bits per heavy atom. The highest BCUT2D eigenvalue weighted by molar-refractivity contribution is 5.92.